The molecule has 2 aliphatic heterocycles. The first-order chi connectivity index (χ1) is 14.8. The summed E-state index contributed by atoms with van der Waals surface area (Å²) in [5, 5.41) is 12.4. The Morgan fingerprint density at radius 3 is 2.87 bits per heavy atom. The number of amides is 1. The monoisotopic (exact) mass is 434 g/mol. The molecular weight excluding hydrogens is 413 g/mol. The summed E-state index contributed by atoms with van der Waals surface area (Å²) < 4.78 is 48.0. The van der Waals surface area contributed by atoms with Crippen LogP contribution in [-0.2, 0) is 12.3 Å². The van der Waals surface area contributed by atoms with Crippen molar-refractivity contribution < 1.29 is 27.8 Å². The Morgan fingerprint density at radius 1 is 1.35 bits per heavy atom. The molecule has 1 aliphatic carbocycles. The van der Waals surface area contributed by atoms with Gasteiger partial charge in [-0.25, -0.2) is 14.4 Å². The van der Waals surface area contributed by atoms with Gasteiger partial charge in [-0.3, -0.25) is 4.79 Å². The highest BCUT2D eigenvalue weighted by Crippen LogP contribution is 2.45. The highest BCUT2D eigenvalue weighted by Gasteiger charge is 2.45. The third-order valence-corrected chi connectivity index (χ3v) is 6.18. The van der Waals surface area contributed by atoms with Crippen LogP contribution in [0.3, 0.4) is 0 Å². The molecule has 3 atom stereocenters. The van der Waals surface area contributed by atoms with Gasteiger partial charge in [-0.1, -0.05) is 6.07 Å². The number of nitrogens with zero attached hydrogens (tertiary/aromatic N) is 3. The number of carbonyl (C=O) groups is 1. The minimum atomic E-state index is -3.07. The molecule has 0 saturated carbocycles. The summed E-state index contributed by atoms with van der Waals surface area (Å²) in [5.74, 6) is -3.15. The molecule has 0 spiro atoms. The number of hydrogen-bond acceptors (Lipinski definition) is 6. The van der Waals surface area contributed by atoms with Gasteiger partial charge >= 0.3 is 0 Å². The van der Waals surface area contributed by atoms with E-state index in [2.05, 4.69) is 15.3 Å². The van der Waals surface area contributed by atoms with E-state index in [4.69, 9.17) is 4.74 Å². The minimum absolute atomic E-state index is 0.0355. The standard InChI is InChI=1S/C21H21F3N4O3/c1-10-15(29)9-28(10)20-26-17(14-4-5-21(23,24)18(14)27-20)11-2-3-13-16(6-11)31-12(7-22)8-25-19(13)30/h2-3,6,10,12,15,29H,4-5,7-9H2,1H3,(H,25,30)/t10-,12+,15+/m0/s1. The van der Waals surface area contributed by atoms with Crippen LogP contribution in [0.15, 0.2) is 18.2 Å². The molecule has 1 aromatic heterocycles. The van der Waals surface area contributed by atoms with Gasteiger partial charge in [0.2, 0.25) is 5.95 Å². The summed E-state index contributed by atoms with van der Waals surface area (Å²) in [5.41, 5.74) is 1.10. The number of hydrogen-bond donors (Lipinski definition) is 2. The van der Waals surface area contributed by atoms with Crippen LogP contribution < -0.4 is 15.0 Å². The van der Waals surface area contributed by atoms with Gasteiger partial charge in [0.15, 0.2) is 0 Å². The van der Waals surface area contributed by atoms with Gasteiger partial charge in [-0.2, -0.15) is 8.78 Å². The van der Waals surface area contributed by atoms with Crippen molar-refractivity contribution in [2.24, 2.45) is 0 Å². The van der Waals surface area contributed by atoms with Crippen molar-refractivity contribution in [3.05, 3.63) is 35.0 Å². The zero-order chi connectivity index (χ0) is 21.9. The van der Waals surface area contributed by atoms with E-state index in [0.717, 1.165) is 0 Å². The smallest absolute Gasteiger partial charge is 0.290 e. The summed E-state index contributed by atoms with van der Waals surface area (Å²) in [6.45, 7) is 1.29. The normalized spacial score (nSPS) is 26.3. The molecule has 5 rings (SSSR count). The zero-order valence-corrected chi connectivity index (χ0v) is 16.7. The van der Waals surface area contributed by atoms with Gasteiger partial charge in [0.05, 0.1) is 29.9 Å². The van der Waals surface area contributed by atoms with Crippen molar-refractivity contribution in [3.8, 4) is 17.0 Å². The number of aliphatic hydroxyl groups excluding tert-OH is 1. The maximum Gasteiger partial charge on any atom is 0.290 e. The third-order valence-electron chi connectivity index (χ3n) is 6.18. The van der Waals surface area contributed by atoms with Crippen molar-refractivity contribution in [3.63, 3.8) is 0 Å². The Morgan fingerprint density at radius 2 is 2.16 bits per heavy atom. The molecule has 3 aliphatic rings. The van der Waals surface area contributed by atoms with Gasteiger partial charge in [-0.15, -0.1) is 0 Å². The lowest BCUT2D eigenvalue weighted by molar-refractivity contribution is -0.00603. The summed E-state index contributed by atoms with van der Waals surface area (Å²) in [6, 6.07) is 4.40. The van der Waals surface area contributed by atoms with E-state index in [9.17, 15) is 23.1 Å². The van der Waals surface area contributed by atoms with E-state index < -0.39 is 24.8 Å². The summed E-state index contributed by atoms with van der Waals surface area (Å²) in [4.78, 5) is 22.7. The molecular formula is C21H21F3N4O3. The second-order valence-electron chi connectivity index (χ2n) is 8.18. The largest absolute Gasteiger partial charge is 0.485 e. The maximum absolute atomic E-state index is 14.6. The van der Waals surface area contributed by atoms with Crippen LogP contribution in [0.25, 0.3) is 11.3 Å². The Kier molecular flexibility index (Phi) is 4.58. The van der Waals surface area contributed by atoms with E-state index in [1.165, 1.54) is 6.07 Å². The molecule has 0 bridgehead atoms. The zero-order valence-electron chi connectivity index (χ0n) is 16.7. The van der Waals surface area contributed by atoms with Crippen LogP contribution >= 0.6 is 0 Å². The van der Waals surface area contributed by atoms with E-state index in [0.29, 0.717) is 16.8 Å². The number of fused-ring (bicyclic) bond motifs is 2. The molecule has 1 aromatic carbocycles. The molecule has 164 valence electrons. The van der Waals surface area contributed by atoms with Crippen molar-refractivity contribution in [2.75, 3.05) is 24.7 Å². The lowest BCUT2D eigenvalue weighted by Gasteiger charge is -2.43. The lowest BCUT2D eigenvalue weighted by atomic mass is 10.0. The fourth-order valence-electron chi connectivity index (χ4n) is 4.20. The Balaban J connectivity index is 1.63. The van der Waals surface area contributed by atoms with E-state index >= 15 is 0 Å². The second-order valence-corrected chi connectivity index (χ2v) is 8.18. The van der Waals surface area contributed by atoms with Crippen LogP contribution in [0.5, 0.6) is 5.75 Å². The minimum Gasteiger partial charge on any atom is -0.485 e. The number of anilines is 1. The first-order valence-corrected chi connectivity index (χ1v) is 10.2. The van der Waals surface area contributed by atoms with Crippen molar-refractivity contribution in [1.82, 2.24) is 15.3 Å². The summed E-state index contributed by atoms with van der Waals surface area (Å²) >= 11 is 0. The molecule has 7 nitrogen and oxygen atoms in total. The number of β-amino-alcohol motifs (C(OH)–C–C–N with tert-alkyl or cyclic N) is 1. The lowest BCUT2D eigenvalue weighted by Crippen LogP contribution is -2.59. The van der Waals surface area contributed by atoms with Gasteiger partial charge in [-0.05, 0) is 25.5 Å². The van der Waals surface area contributed by atoms with Crippen LogP contribution in [0.2, 0.25) is 0 Å². The quantitative estimate of drug-likeness (QED) is 0.771. The van der Waals surface area contributed by atoms with Crippen LogP contribution in [0.1, 0.15) is 35.0 Å². The number of aromatic nitrogens is 2. The number of carbonyl (C=O) groups excluding carboxylic acids is 1. The van der Waals surface area contributed by atoms with E-state index in [-0.39, 0.29) is 60.8 Å². The van der Waals surface area contributed by atoms with Crippen LogP contribution in [0, 0.1) is 0 Å². The maximum atomic E-state index is 14.6. The van der Waals surface area contributed by atoms with Crippen LogP contribution in [-0.4, -0.2) is 59.0 Å². The third kappa shape index (κ3) is 3.20. The average molecular weight is 434 g/mol. The molecule has 2 aromatic rings. The number of alkyl halides is 3. The number of aliphatic hydroxyl groups is 1. The molecule has 3 heterocycles. The van der Waals surface area contributed by atoms with Crippen molar-refractivity contribution in [1.29, 1.82) is 0 Å². The molecule has 1 fully saturated rings. The number of ether oxygens (including phenoxy) is 1. The Labute approximate surface area is 176 Å². The highest BCUT2D eigenvalue weighted by molar-refractivity contribution is 5.98. The SMILES string of the molecule is C[C@H]1[C@H](O)CN1c1nc(-c2ccc3c(c2)O[C@H](CF)CNC3=O)c2c(n1)C(F)(F)CC2. The number of nitrogens with one attached hydrogen (secondary N) is 1. The van der Waals surface area contributed by atoms with E-state index in [1.807, 2.05) is 0 Å². The van der Waals surface area contributed by atoms with Crippen molar-refractivity contribution in [2.45, 2.75) is 43.9 Å². The van der Waals surface area contributed by atoms with Gasteiger partial charge in [0, 0.05) is 24.1 Å². The fourth-order valence-corrected chi connectivity index (χ4v) is 4.20. The number of rotatable bonds is 3. The molecule has 0 unspecified atom stereocenters. The summed E-state index contributed by atoms with van der Waals surface area (Å²) in [6.07, 6.45) is -1.65. The Bertz CT molecular complexity index is 1060. The second kappa shape index (κ2) is 7.08. The molecule has 1 amide bonds. The fraction of sp³-hybridized carbons (Fsp3) is 0.476. The summed E-state index contributed by atoms with van der Waals surface area (Å²) in [7, 11) is 0. The highest BCUT2D eigenvalue weighted by atomic mass is 19.3. The van der Waals surface area contributed by atoms with Gasteiger partial charge in [0.25, 0.3) is 11.8 Å². The average Bonchev–Trinajstić information content (AvgIpc) is 2.97. The van der Waals surface area contributed by atoms with E-state index in [1.54, 1.807) is 24.0 Å². The first-order valence-electron chi connectivity index (χ1n) is 10.2. The first kappa shape index (κ1) is 20.0. The molecule has 31 heavy (non-hydrogen) atoms. The molecule has 0 radical (unpaired) electrons. The number of halogens is 3. The molecule has 2 N–H and O–H groups in total. The topological polar surface area (TPSA) is 87.6 Å². The van der Waals surface area contributed by atoms with Gasteiger partial charge < -0.3 is 20.1 Å². The predicted octanol–water partition coefficient (Wildman–Crippen LogP) is 2.21. The van der Waals surface area contributed by atoms with Gasteiger partial charge in [0.1, 0.15) is 24.2 Å². The molecule has 10 heteroatoms. The Hall–Kier alpha value is -2.88. The van der Waals surface area contributed by atoms with Crippen LogP contribution in [0.4, 0.5) is 19.1 Å². The van der Waals surface area contributed by atoms with Crippen molar-refractivity contribution >= 4 is 11.9 Å². The number of benzene rings is 1. The molecule has 1 saturated heterocycles. The predicted molar refractivity (Wildman–Crippen MR) is 105 cm³/mol.